The summed E-state index contributed by atoms with van der Waals surface area (Å²) in [6.45, 7) is 9.83. The molecule has 84 heavy (non-hydrogen) atoms. The van der Waals surface area contributed by atoms with Crippen LogP contribution >= 0.6 is 0 Å². The van der Waals surface area contributed by atoms with Crippen LogP contribution in [0.25, 0.3) is 17.0 Å². The lowest BCUT2D eigenvalue weighted by molar-refractivity contribution is -0.288. The Morgan fingerprint density at radius 3 is 1.44 bits per heavy atom. The molecule has 2 aliphatic rings. The number of hydrogen-bond acceptors (Lipinski definition) is 25. The van der Waals surface area contributed by atoms with E-state index in [1.807, 2.05) is 0 Å². The van der Waals surface area contributed by atoms with Crippen LogP contribution in [0.4, 0.5) is 5.69 Å². The van der Waals surface area contributed by atoms with Crippen LogP contribution in [0.15, 0.2) is 41.2 Å². The number of pyridine rings is 1. The van der Waals surface area contributed by atoms with Gasteiger partial charge in [0.15, 0.2) is 41.7 Å². The van der Waals surface area contributed by atoms with Crippen LogP contribution in [0.1, 0.15) is 106 Å². The van der Waals surface area contributed by atoms with E-state index in [2.05, 4.69) is 12.2 Å². The van der Waals surface area contributed by atoms with E-state index >= 15 is 0 Å². The number of hydrogen-bond donors (Lipinski definition) is 1. The van der Waals surface area contributed by atoms with E-state index in [9.17, 15) is 47.9 Å². The lowest BCUT2D eigenvalue weighted by Gasteiger charge is -2.44. The highest BCUT2D eigenvalue weighted by Crippen LogP contribution is 2.43. The minimum atomic E-state index is -1.75. The van der Waals surface area contributed by atoms with Gasteiger partial charge >= 0.3 is 47.8 Å². The Labute approximate surface area is 483 Å². The molecule has 0 bridgehead atoms. The number of benzene rings is 2. The number of carbonyl (C=O) groups excluding carboxylic acids is 9. The van der Waals surface area contributed by atoms with Gasteiger partial charge in [0.2, 0.25) is 42.2 Å². The number of nitrogens with one attached hydrogen (secondary N) is 1. The highest BCUT2D eigenvalue weighted by Gasteiger charge is 2.55. The number of ether oxygens (including phenoxy) is 15. The molecule has 0 unspecified atom stereocenters. The van der Waals surface area contributed by atoms with Gasteiger partial charge in [-0.05, 0) is 48.4 Å². The summed E-state index contributed by atoms with van der Waals surface area (Å²) >= 11 is 0. The van der Waals surface area contributed by atoms with Crippen molar-refractivity contribution >= 4 is 76.3 Å². The molecule has 1 aromatic heterocycles. The molecule has 5 rings (SSSR count). The first kappa shape index (κ1) is 66.3. The number of aromatic nitrogens is 1. The van der Waals surface area contributed by atoms with Gasteiger partial charge in [-0.15, -0.1) is 0 Å². The van der Waals surface area contributed by atoms with Crippen LogP contribution in [-0.4, -0.2) is 154 Å². The minimum Gasteiger partial charge on any atom is -0.493 e. The summed E-state index contributed by atoms with van der Waals surface area (Å²) < 4.78 is 87.6. The molecule has 0 radical (unpaired) electrons. The van der Waals surface area contributed by atoms with Gasteiger partial charge in [-0.1, -0.05) is 39.0 Å². The Bertz CT molecular complexity index is 2950. The van der Waals surface area contributed by atoms with Crippen LogP contribution < -0.4 is 34.6 Å². The van der Waals surface area contributed by atoms with Crippen molar-refractivity contribution in [1.82, 2.24) is 4.57 Å². The number of amides is 1. The fourth-order valence-electron chi connectivity index (χ4n) is 9.13. The second kappa shape index (κ2) is 31.3. The van der Waals surface area contributed by atoms with Crippen LogP contribution in [0.3, 0.4) is 0 Å². The molecule has 2 aliphatic heterocycles. The zero-order valence-electron chi connectivity index (χ0n) is 48.8. The molecule has 3 aromatic rings. The number of anilines is 1. The van der Waals surface area contributed by atoms with Gasteiger partial charge in [-0.2, -0.15) is 0 Å². The van der Waals surface area contributed by atoms with E-state index in [0.717, 1.165) is 87.5 Å². The van der Waals surface area contributed by atoms with E-state index < -0.39 is 134 Å². The summed E-state index contributed by atoms with van der Waals surface area (Å²) in [5.74, 6) is -7.87. The second-order valence-corrected chi connectivity index (χ2v) is 19.3. The van der Waals surface area contributed by atoms with E-state index in [1.165, 1.54) is 68.3 Å². The fourth-order valence-corrected chi connectivity index (χ4v) is 9.13. The zero-order chi connectivity index (χ0) is 61.9. The maximum absolute atomic E-state index is 14.4. The van der Waals surface area contributed by atoms with Crippen molar-refractivity contribution in [1.29, 1.82) is 0 Å². The highest BCUT2D eigenvalue weighted by atomic mass is 16.8. The first-order chi connectivity index (χ1) is 39.8. The molecule has 0 saturated carbocycles. The first-order valence-corrected chi connectivity index (χ1v) is 26.8. The largest absolute Gasteiger partial charge is 0.493 e. The number of carbonyl (C=O) groups is 9. The summed E-state index contributed by atoms with van der Waals surface area (Å²) in [5.41, 5.74) is 0.0130. The Morgan fingerprint density at radius 1 is 0.548 bits per heavy atom. The average molecular weight is 1190 g/mol. The van der Waals surface area contributed by atoms with Crippen molar-refractivity contribution in [2.45, 2.75) is 162 Å². The van der Waals surface area contributed by atoms with E-state index in [1.54, 1.807) is 0 Å². The standard InChI is InChI=1S/C57H72N2O25/c1-13-14-15-16-17-18-23-72-52-46(83-56-53(79-35(8)66)50(77-33(6)64)48(75-31(4)62)43(81-56)27-73-29(2)60)39-21-20-38(26-40(39)59(10)55(52)69)58-45(68)22-19-37-24-41(70-11)47(42(25-37)71-12)84-57-54(80-36(9)67)51(78-34(7)65)49(76-32(5)63)44(82-57)28-74-30(3)61/h19-22,24-26,43-44,48-51,53-54,56-57H,13-18,23,27-28H2,1-12H3,(H,58,68)/t43-,44-,48-,49-,50+,51+,53-,54-,56+,57+/m1/s1. The lowest BCUT2D eigenvalue weighted by Crippen LogP contribution is -2.63. The van der Waals surface area contributed by atoms with Crippen molar-refractivity contribution in [3.05, 3.63) is 52.3 Å². The van der Waals surface area contributed by atoms with Crippen LogP contribution in [0.5, 0.6) is 28.7 Å². The second-order valence-electron chi connectivity index (χ2n) is 19.3. The van der Waals surface area contributed by atoms with E-state index in [4.69, 9.17) is 71.1 Å². The third-order valence-corrected chi connectivity index (χ3v) is 12.6. The molecule has 0 aliphatic carbocycles. The molecule has 3 heterocycles. The number of esters is 8. The van der Waals surface area contributed by atoms with Crippen molar-refractivity contribution in [3.63, 3.8) is 0 Å². The third kappa shape index (κ3) is 18.5. The lowest BCUT2D eigenvalue weighted by atomic mass is 9.98. The number of rotatable bonds is 27. The van der Waals surface area contributed by atoms with Gasteiger partial charge in [0.05, 0.1) is 26.3 Å². The highest BCUT2D eigenvalue weighted by molar-refractivity contribution is 6.03. The van der Waals surface area contributed by atoms with Gasteiger partial charge in [0.25, 0.3) is 5.56 Å². The average Bonchev–Trinajstić information content (AvgIpc) is 2.14. The molecule has 27 heteroatoms. The maximum atomic E-state index is 14.4. The molecule has 2 aromatic carbocycles. The summed E-state index contributed by atoms with van der Waals surface area (Å²) in [6.07, 6.45) is -7.46. The number of nitrogens with zero attached hydrogens (tertiary/aromatic N) is 1. The molecule has 1 N–H and O–H groups in total. The number of unbranched alkanes of at least 4 members (excludes halogenated alkanes) is 5. The summed E-state index contributed by atoms with van der Waals surface area (Å²) in [5, 5.41) is 2.98. The molecule has 2 saturated heterocycles. The Kier molecular flexibility index (Phi) is 24.7. The van der Waals surface area contributed by atoms with E-state index in [0.29, 0.717) is 12.0 Å². The molecular weight excluding hydrogens is 1110 g/mol. The summed E-state index contributed by atoms with van der Waals surface area (Å²) in [4.78, 5) is 127. The topological polar surface area (TPSA) is 326 Å². The van der Waals surface area contributed by atoms with E-state index in [-0.39, 0.29) is 51.9 Å². The molecule has 27 nitrogen and oxygen atoms in total. The SMILES string of the molecule is CCCCCCCCOc1c(O[C@@H]2O[C@H](COC(C)=O)[C@@H](OC(C)=O)[C@H](OC(C)=O)[C@H]2OC(C)=O)c2ccc(NC(=O)C=Cc3cc(OC)c(O[C@@H]4O[C@H](COC(C)=O)[C@@H](OC(C)=O)[C@H](OC(C)=O)[C@H]4OC(C)=O)c(OC)c3)cc2n(C)c1=O. The number of aryl methyl sites for hydroxylation is 1. The van der Waals surface area contributed by atoms with Gasteiger partial charge in [0.1, 0.15) is 25.4 Å². The molecular formula is C57H72N2O25. The Balaban J connectivity index is 1.52. The Hall–Kier alpha value is -8.46. The van der Waals surface area contributed by atoms with Gasteiger partial charge in [0, 0.05) is 79.6 Å². The monoisotopic (exact) mass is 1180 g/mol. The molecule has 0 spiro atoms. The zero-order valence-corrected chi connectivity index (χ0v) is 48.8. The normalized spacial score (nSPS) is 21.9. The third-order valence-electron chi connectivity index (χ3n) is 12.6. The predicted molar refractivity (Wildman–Crippen MR) is 290 cm³/mol. The molecule has 460 valence electrons. The summed E-state index contributed by atoms with van der Waals surface area (Å²) in [7, 11) is 4.07. The summed E-state index contributed by atoms with van der Waals surface area (Å²) in [6, 6.07) is 7.41. The van der Waals surface area contributed by atoms with Crippen LogP contribution in [0.2, 0.25) is 0 Å². The number of fused-ring (bicyclic) bond motifs is 1. The van der Waals surface area contributed by atoms with Crippen molar-refractivity contribution in [3.8, 4) is 28.7 Å². The van der Waals surface area contributed by atoms with Crippen molar-refractivity contribution < 1.29 is 114 Å². The minimum absolute atomic E-state index is 0.00474. The molecule has 2 fully saturated rings. The van der Waals surface area contributed by atoms with Crippen molar-refractivity contribution in [2.75, 3.05) is 39.4 Å². The quantitative estimate of drug-likeness (QED) is 0.0460. The van der Waals surface area contributed by atoms with Gasteiger partial charge in [-0.25, -0.2) is 0 Å². The smallest absolute Gasteiger partial charge is 0.303 e. The van der Waals surface area contributed by atoms with Gasteiger partial charge in [-0.3, -0.25) is 47.9 Å². The predicted octanol–water partition coefficient (Wildman–Crippen LogP) is 4.87. The molecule has 10 atom stereocenters. The maximum Gasteiger partial charge on any atom is 0.303 e. The van der Waals surface area contributed by atoms with Crippen LogP contribution in [0, 0.1) is 0 Å². The van der Waals surface area contributed by atoms with Crippen molar-refractivity contribution in [2.24, 2.45) is 7.05 Å². The fraction of sp³-hybridized carbons (Fsp3) is 0.544. The molecule has 1 amide bonds. The van der Waals surface area contributed by atoms with Crippen LogP contribution in [-0.2, 0) is 97.6 Å². The first-order valence-electron chi connectivity index (χ1n) is 26.8. The van der Waals surface area contributed by atoms with Gasteiger partial charge < -0.3 is 80.9 Å². The Morgan fingerprint density at radius 2 is 0.988 bits per heavy atom. The number of methoxy groups -OCH3 is 2.